The Balaban J connectivity index is 1.46. The summed E-state index contributed by atoms with van der Waals surface area (Å²) < 4.78 is 0. The Labute approximate surface area is 150 Å². The van der Waals surface area contributed by atoms with Crippen molar-refractivity contribution in [2.75, 3.05) is 25.0 Å². The van der Waals surface area contributed by atoms with E-state index in [9.17, 15) is 4.79 Å². The summed E-state index contributed by atoms with van der Waals surface area (Å²) in [7, 11) is 2.08. The normalized spacial score (nSPS) is 15.7. The third-order valence-corrected chi connectivity index (χ3v) is 6.03. The predicted molar refractivity (Wildman–Crippen MR) is 100 cm³/mol. The molecule has 130 valence electrons. The molecule has 0 bridgehead atoms. The van der Waals surface area contributed by atoms with Crippen molar-refractivity contribution in [2.45, 2.75) is 25.8 Å². The van der Waals surface area contributed by atoms with Crippen molar-refractivity contribution in [3.05, 3.63) is 40.5 Å². The number of aryl methyl sites for hydroxylation is 1. The second-order valence-electron chi connectivity index (χ2n) is 6.50. The Bertz CT molecular complexity index is 894. The maximum Gasteiger partial charge on any atom is 0.264 e. The first kappa shape index (κ1) is 16.1. The van der Waals surface area contributed by atoms with Gasteiger partial charge in [0, 0.05) is 32.4 Å². The molecule has 0 aliphatic carbocycles. The van der Waals surface area contributed by atoms with Crippen LogP contribution >= 0.6 is 11.3 Å². The Hall–Kier alpha value is -2.41. The van der Waals surface area contributed by atoms with Gasteiger partial charge in [0.1, 0.15) is 17.8 Å². The number of aromatic amines is 1. The van der Waals surface area contributed by atoms with Gasteiger partial charge in [-0.15, -0.1) is 11.3 Å². The molecule has 0 spiro atoms. The van der Waals surface area contributed by atoms with Gasteiger partial charge >= 0.3 is 0 Å². The monoisotopic (exact) mass is 355 g/mol. The number of hydrogen-bond acceptors (Lipinski definition) is 5. The van der Waals surface area contributed by atoms with Gasteiger partial charge in [0.25, 0.3) is 5.91 Å². The second kappa shape index (κ2) is 6.48. The molecule has 3 aromatic heterocycles. The van der Waals surface area contributed by atoms with Crippen LogP contribution in [0.3, 0.4) is 0 Å². The molecule has 4 rings (SSSR count). The standard InChI is InChI=1S/C18H21N5OS/c1-12-6-10-25-15(12)18(24)23-8-4-13(5-9-23)22(2)17-14-3-7-19-16(14)20-11-21-17/h3,6-7,10-11,13H,4-5,8-9H2,1-2H3,(H,19,20,21). The number of piperidine rings is 1. The Morgan fingerprint density at radius 2 is 2.12 bits per heavy atom. The lowest BCUT2D eigenvalue weighted by Gasteiger charge is -2.37. The van der Waals surface area contributed by atoms with Crippen LogP contribution in [0.4, 0.5) is 5.82 Å². The molecule has 1 N–H and O–H groups in total. The van der Waals surface area contributed by atoms with Crippen molar-refractivity contribution in [1.82, 2.24) is 19.9 Å². The van der Waals surface area contributed by atoms with Crippen molar-refractivity contribution in [3.8, 4) is 0 Å². The molecule has 1 fully saturated rings. The number of carbonyl (C=O) groups excluding carboxylic acids is 1. The third-order valence-electron chi connectivity index (χ3n) is 5.02. The lowest BCUT2D eigenvalue weighted by molar-refractivity contribution is 0.0717. The lowest BCUT2D eigenvalue weighted by atomic mass is 10.0. The molecule has 1 aliphatic rings. The van der Waals surface area contributed by atoms with Gasteiger partial charge in [0.15, 0.2) is 0 Å². The molecule has 25 heavy (non-hydrogen) atoms. The molecule has 4 heterocycles. The van der Waals surface area contributed by atoms with Gasteiger partial charge in [-0.3, -0.25) is 4.79 Å². The Morgan fingerprint density at radius 1 is 1.32 bits per heavy atom. The van der Waals surface area contributed by atoms with E-state index in [-0.39, 0.29) is 5.91 Å². The van der Waals surface area contributed by atoms with Crippen LogP contribution in [0.1, 0.15) is 28.1 Å². The maximum absolute atomic E-state index is 12.7. The number of anilines is 1. The Morgan fingerprint density at radius 3 is 2.84 bits per heavy atom. The van der Waals surface area contributed by atoms with Crippen LogP contribution in [0.5, 0.6) is 0 Å². The van der Waals surface area contributed by atoms with Gasteiger partial charge in [-0.1, -0.05) is 0 Å². The number of likely N-dealkylation sites (tertiary alicyclic amines) is 1. The van der Waals surface area contributed by atoms with Gasteiger partial charge < -0.3 is 14.8 Å². The molecule has 0 saturated carbocycles. The molecule has 1 saturated heterocycles. The fourth-order valence-corrected chi connectivity index (χ4v) is 4.40. The maximum atomic E-state index is 12.7. The van der Waals surface area contributed by atoms with Crippen molar-refractivity contribution in [3.63, 3.8) is 0 Å². The number of nitrogens with one attached hydrogen (secondary N) is 1. The highest BCUT2D eigenvalue weighted by molar-refractivity contribution is 7.12. The van der Waals surface area contributed by atoms with Crippen LogP contribution in [0.15, 0.2) is 30.0 Å². The van der Waals surface area contributed by atoms with Gasteiger partial charge in [-0.05, 0) is 42.8 Å². The summed E-state index contributed by atoms with van der Waals surface area (Å²) in [5, 5.41) is 3.03. The number of aromatic nitrogens is 3. The van der Waals surface area contributed by atoms with Crippen LogP contribution in [0.2, 0.25) is 0 Å². The largest absolute Gasteiger partial charge is 0.356 e. The molecule has 1 amide bonds. The van der Waals surface area contributed by atoms with E-state index in [1.807, 2.05) is 35.5 Å². The minimum absolute atomic E-state index is 0.170. The van der Waals surface area contributed by atoms with E-state index in [0.29, 0.717) is 6.04 Å². The fourth-order valence-electron chi connectivity index (χ4n) is 3.50. The fraction of sp³-hybridized carbons (Fsp3) is 0.389. The van der Waals surface area contributed by atoms with E-state index in [1.165, 1.54) is 11.3 Å². The summed E-state index contributed by atoms with van der Waals surface area (Å²) >= 11 is 1.54. The van der Waals surface area contributed by atoms with Crippen molar-refractivity contribution in [2.24, 2.45) is 0 Å². The zero-order valence-electron chi connectivity index (χ0n) is 14.4. The number of rotatable bonds is 3. The van der Waals surface area contributed by atoms with Crippen LogP contribution in [-0.2, 0) is 0 Å². The molecule has 0 aromatic carbocycles. The summed E-state index contributed by atoms with van der Waals surface area (Å²) in [6.07, 6.45) is 5.38. The van der Waals surface area contributed by atoms with Crippen molar-refractivity contribution >= 4 is 34.1 Å². The number of thiophene rings is 1. The van der Waals surface area contributed by atoms with E-state index in [0.717, 1.165) is 53.2 Å². The zero-order chi connectivity index (χ0) is 17.4. The smallest absolute Gasteiger partial charge is 0.264 e. The minimum atomic E-state index is 0.170. The van der Waals surface area contributed by atoms with Crippen LogP contribution < -0.4 is 4.90 Å². The first-order chi connectivity index (χ1) is 12.1. The minimum Gasteiger partial charge on any atom is -0.356 e. The van der Waals surface area contributed by atoms with E-state index in [4.69, 9.17) is 0 Å². The number of fused-ring (bicyclic) bond motifs is 1. The molecule has 3 aromatic rings. The SMILES string of the molecule is Cc1ccsc1C(=O)N1CCC(N(C)c2ncnc3[nH]ccc23)CC1. The number of amides is 1. The lowest BCUT2D eigenvalue weighted by Crippen LogP contribution is -2.45. The average Bonchev–Trinajstić information content (AvgIpc) is 3.29. The highest BCUT2D eigenvalue weighted by atomic mass is 32.1. The first-order valence-corrected chi connectivity index (χ1v) is 9.37. The molecule has 7 heteroatoms. The van der Waals surface area contributed by atoms with Gasteiger partial charge in [0.05, 0.1) is 10.3 Å². The Kier molecular flexibility index (Phi) is 4.17. The number of hydrogen-bond donors (Lipinski definition) is 1. The van der Waals surface area contributed by atoms with Crippen LogP contribution in [0.25, 0.3) is 11.0 Å². The first-order valence-electron chi connectivity index (χ1n) is 8.49. The molecular weight excluding hydrogens is 334 g/mol. The van der Waals surface area contributed by atoms with E-state index >= 15 is 0 Å². The number of nitrogens with zero attached hydrogens (tertiary/aromatic N) is 4. The quantitative estimate of drug-likeness (QED) is 0.784. The molecular formula is C18H21N5OS. The second-order valence-corrected chi connectivity index (χ2v) is 7.42. The van der Waals surface area contributed by atoms with Crippen LogP contribution in [-0.4, -0.2) is 51.9 Å². The molecule has 6 nitrogen and oxygen atoms in total. The van der Waals surface area contributed by atoms with Crippen molar-refractivity contribution in [1.29, 1.82) is 0 Å². The highest BCUT2D eigenvalue weighted by Gasteiger charge is 2.28. The summed E-state index contributed by atoms with van der Waals surface area (Å²) in [6, 6.07) is 4.40. The van der Waals surface area contributed by atoms with Crippen LogP contribution in [0, 0.1) is 6.92 Å². The van der Waals surface area contributed by atoms with Crippen molar-refractivity contribution < 1.29 is 4.79 Å². The average molecular weight is 355 g/mol. The summed E-state index contributed by atoms with van der Waals surface area (Å²) in [5.41, 5.74) is 1.93. The third kappa shape index (κ3) is 2.89. The van der Waals surface area contributed by atoms with Gasteiger partial charge in [-0.2, -0.15) is 0 Å². The molecule has 0 radical (unpaired) electrons. The molecule has 1 aliphatic heterocycles. The topological polar surface area (TPSA) is 65.1 Å². The van der Waals surface area contributed by atoms with E-state index in [1.54, 1.807) is 6.33 Å². The van der Waals surface area contributed by atoms with Gasteiger partial charge in [0.2, 0.25) is 0 Å². The molecule has 0 atom stereocenters. The summed E-state index contributed by atoms with van der Waals surface area (Å²) in [4.78, 5) is 29.6. The van der Waals surface area contributed by atoms with E-state index in [2.05, 4.69) is 26.9 Å². The van der Waals surface area contributed by atoms with E-state index < -0.39 is 0 Å². The summed E-state index contributed by atoms with van der Waals surface area (Å²) in [5.74, 6) is 1.12. The van der Waals surface area contributed by atoms with Gasteiger partial charge in [-0.25, -0.2) is 9.97 Å². The highest BCUT2D eigenvalue weighted by Crippen LogP contribution is 2.27. The number of carbonyl (C=O) groups is 1. The number of H-pyrrole nitrogens is 1. The summed E-state index contributed by atoms with van der Waals surface area (Å²) in [6.45, 7) is 3.57. The molecule has 0 unspecified atom stereocenters. The zero-order valence-corrected chi connectivity index (χ0v) is 15.2. The predicted octanol–water partition coefficient (Wildman–Crippen LogP) is 3.07.